The molecule has 6 nitrogen and oxygen atoms in total. The van der Waals surface area contributed by atoms with Crippen LogP contribution in [0.25, 0.3) is 0 Å². The highest BCUT2D eigenvalue weighted by molar-refractivity contribution is 7.92. The fraction of sp³-hybridized carbons (Fsp3) is 0.381. The number of aryl methyl sites for hydroxylation is 1. The quantitative estimate of drug-likeness (QED) is 0.783. The third-order valence-corrected chi connectivity index (χ3v) is 6.51. The van der Waals surface area contributed by atoms with Gasteiger partial charge in [-0.25, -0.2) is 8.42 Å². The number of ether oxygens (including phenoxy) is 1. The molecular formula is C21H25ClN2O4S. The molecule has 0 aliphatic carbocycles. The fourth-order valence-electron chi connectivity index (χ4n) is 3.40. The maximum atomic E-state index is 12.9. The number of carbonyl (C=O) groups is 1. The number of carbonyl (C=O) groups excluding carboxylic acids is 1. The van der Waals surface area contributed by atoms with Crippen molar-refractivity contribution < 1.29 is 17.9 Å². The smallest absolute Gasteiger partial charge is 0.253 e. The van der Waals surface area contributed by atoms with Crippen molar-refractivity contribution in [3.63, 3.8) is 0 Å². The van der Waals surface area contributed by atoms with Crippen LogP contribution in [0.5, 0.6) is 5.75 Å². The van der Waals surface area contributed by atoms with E-state index in [0.717, 1.165) is 27.4 Å². The number of hydrogen-bond acceptors (Lipinski definition) is 4. The second-order valence-electron chi connectivity index (χ2n) is 8.03. The van der Waals surface area contributed by atoms with Crippen LogP contribution in [0.2, 0.25) is 5.02 Å². The average Bonchev–Trinajstić information content (AvgIpc) is 2.58. The minimum absolute atomic E-state index is 0.186. The average molecular weight is 437 g/mol. The normalized spacial score (nSPS) is 17.8. The van der Waals surface area contributed by atoms with Crippen molar-refractivity contribution in [2.75, 3.05) is 17.6 Å². The van der Waals surface area contributed by atoms with Crippen LogP contribution in [0.15, 0.2) is 36.4 Å². The van der Waals surface area contributed by atoms with Crippen LogP contribution in [0.3, 0.4) is 0 Å². The van der Waals surface area contributed by atoms with Gasteiger partial charge in [0.25, 0.3) is 5.91 Å². The van der Waals surface area contributed by atoms with E-state index in [1.807, 2.05) is 39.0 Å². The molecule has 2 aromatic carbocycles. The first-order chi connectivity index (χ1) is 13.4. The summed E-state index contributed by atoms with van der Waals surface area (Å²) in [5, 5.41) is 3.24. The minimum atomic E-state index is -3.42. The van der Waals surface area contributed by atoms with Gasteiger partial charge in [0.2, 0.25) is 10.0 Å². The lowest BCUT2D eigenvalue weighted by Gasteiger charge is -2.38. The van der Waals surface area contributed by atoms with E-state index in [9.17, 15) is 13.2 Å². The number of nitrogens with one attached hydrogen (secondary N) is 1. The first-order valence-electron chi connectivity index (χ1n) is 9.21. The van der Waals surface area contributed by atoms with Crippen LogP contribution in [0, 0.1) is 6.92 Å². The van der Waals surface area contributed by atoms with Gasteiger partial charge in [-0.1, -0.05) is 23.7 Å². The third-order valence-electron chi connectivity index (χ3n) is 4.99. The second kappa shape index (κ2) is 7.54. The van der Waals surface area contributed by atoms with Gasteiger partial charge in [0.1, 0.15) is 11.4 Å². The van der Waals surface area contributed by atoms with Crippen LogP contribution in [0.4, 0.5) is 5.69 Å². The van der Waals surface area contributed by atoms with E-state index in [-0.39, 0.29) is 22.5 Å². The summed E-state index contributed by atoms with van der Waals surface area (Å²) >= 11 is 6.31. The number of halogens is 1. The first kappa shape index (κ1) is 21.5. The van der Waals surface area contributed by atoms with E-state index in [4.69, 9.17) is 16.3 Å². The van der Waals surface area contributed by atoms with Gasteiger partial charge in [0, 0.05) is 19.0 Å². The van der Waals surface area contributed by atoms with Crippen molar-refractivity contribution in [1.29, 1.82) is 0 Å². The number of sulfonamides is 1. The monoisotopic (exact) mass is 436 g/mol. The Hall–Kier alpha value is -2.25. The first-order valence-corrected chi connectivity index (χ1v) is 11.4. The summed E-state index contributed by atoms with van der Waals surface area (Å²) < 4.78 is 30.6. The number of rotatable bonds is 4. The number of benzene rings is 2. The lowest BCUT2D eigenvalue weighted by molar-refractivity contribution is 0.0619. The molecule has 0 saturated carbocycles. The maximum absolute atomic E-state index is 12.9. The van der Waals surface area contributed by atoms with Crippen LogP contribution < -0.4 is 14.4 Å². The SMILES string of the molecule is Cc1ccc2c(c1)OC(C)(C)C[C@H]2NC(=O)c1ccc(N(C)S(C)(=O)=O)cc1Cl. The third kappa shape index (κ3) is 4.67. The molecule has 1 heterocycles. The summed E-state index contributed by atoms with van der Waals surface area (Å²) in [6, 6.07) is 10.3. The molecule has 0 saturated heterocycles. The van der Waals surface area contributed by atoms with Crippen molar-refractivity contribution in [2.24, 2.45) is 0 Å². The van der Waals surface area contributed by atoms with E-state index in [1.54, 1.807) is 6.07 Å². The van der Waals surface area contributed by atoms with Gasteiger partial charge >= 0.3 is 0 Å². The molecule has 29 heavy (non-hydrogen) atoms. The lowest BCUT2D eigenvalue weighted by atomic mass is 9.89. The van der Waals surface area contributed by atoms with Gasteiger partial charge in [-0.05, 0) is 50.6 Å². The van der Waals surface area contributed by atoms with Gasteiger partial charge in [-0.15, -0.1) is 0 Å². The summed E-state index contributed by atoms with van der Waals surface area (Å²) in [5.41, 5.74) is 2.26. The molecule has 0 bridgehead atoms. The number of anilines is 1. The van der Waals surface area contributed by atoms with E-state index in [1.165, 1.54) is 19.2 Å². The zero-order valence-corrected chi connectivity index (χ0v) is 18.7. The van der Waals surface area contributed by atoms with E-state index in [2.05, 4.69) is 5.32 Å². The van der Waals surface area contributed by atoms with Crippen LogP contribution in [0.1, 0.15) is 47.8 Å². The summed E-state index contributed by atoms with van der Waals surface area (Å²) in [5.74, 6) is 0.445. The molecule has 1 N–H and O–H groups in total. The largest absolute Gasteiger partial charge is 0.487 e. The zero-order valence-electron chi connectivity index (χ0n) is 17.1. The van der Waals surface area contributed by atoms with Crippen molar-refractivity contribution in [3.8, 4) is 5.75 Å². The molecule has 1 atom stereocenters. The Bertz CT molecular complexity index is 1070. The molecule has 1 amide bonds. The van der Waals surface area contributed by atoms with Gasteiger partial charge < -0.3 is 10.1 Å². The molecule has 0 aromatic heterocycles. The Kier molecular flexibility index (Phi) is 5.58. The molecule has 0 spiro atoms. The Balaban J connectivity index is 1.87. The van der Waals surface area contributed by atoms with E-state index in [0.29, 0.717) is 12.1 Å². The van der Waals surface area contributed by atoms with Gasteiger partial charge in [-0.3, -0.25) is 9.10 Å². The Morgan fingerprint density at radius 3 is 2.55 bits per heavy atom. The van der Waals surface area contributed by atoms with Crippen LogP contribution in [-0.4, -0.2) is 33.2 Å². The molecule has 2 aromatic rings. The molecule has 8 heteroatoms. The molecule has 1 aliphatic heterocycles. The van der Waals surface area contributed by atoms with E-state index >= 15 is 0 Å². The van der Waals surface area contributed by atoms with Gasteiger partial charge in [0.05, 0.1) is 28.6 Å². The summed E-state index contributed by atoms with van der Waals surface area (Å²) in [6.07, 6.45) is 1.72. The number of fused-ring (bicyclic) bond motifs is 1. The summed E-state index contributed by atoms with van der Waals surface area (Å²) in [7, 11) is -1.98. The van der Waals surface area contributed by atoms with Crippen LogP contribution >= 0.6 is 11.6 Å². The molecule has 156 valence electrons. The van der Waals surface area contributed by atoms with Crippen molar-refractivity contribution in [3.05, 3.63) is 58.1 Å². The molecular weight excluding hydrogens is 412 g/mol. The molecule has 0 fully saturated rings. The standard InChI is InChI=1S/C21H25ClN2O4S/c1-13-6-8-16-18(12-21(2,3)28-19(16)10-13)23-20(25)15-9-7-14(11-17(15)22)24(4)29(5,26)27/h6-11,18H,12H2,1-5H3,(H,23,25)/t18-/m1/s1. The predicted octanol–water partition coefficient (Wildman–Crippen LogP) is 4.08. The maximum Gasteiger partial charge on any atom is 0.253 e. The predicted molar refractivity (Wildman–Crippen MR) is 115 cm³/mol. The molecule has 0 radical (unpaired) electrons. The fourth-order valence-corrected chi connectivity index (χ4v) is 4.16. The van der Waals surface area contributed by atoms with Crippen LogP contribution in [-0.2, 0) is 10.0 Å². The Morgan fingerprint density at radius 1 is 1.24 bits per heavy atom. The molecule has 3 rings (SSSR count). The Morgan fingerprint density at radius 2 is 1.93 bits per heavy atom. The van der Waals surface area contributed by atoms with Crippen molar-refractivity contribution >= 4 is 33.2 Å². The minimum Gasteiger partial charge on any atom is -0.487 e. The highest BCUT2D eigenvalue weighted by Crippen LogP contribution is 2.40. The van der Waals surface area contributed by atoms with Gasteiger partial charge in [0.15, 0.2) is 0 Å². The number of nitrogens with zero attached hydrogens (tertiary/aromatic N) is 1. The Labute approximate surface area is 176 Å². The zero-order chi connectivity index (χ0) is 21.6. The lowest BCUT2D eigenvalue weighted by Crippen LogP contribution is -2.41. The van der Waals surface area contributed by atoms with Gasteiger partial charge in [-0.2, -0.15) is 0 Å². The highest BCUT2D eigenvalue weighted by Gasteiger charge is 2.35. The molecule has 0 unspecified atom stereocenters. The molecule has 1 aliphatic rings. The number of hydrogen-bond donors (Lipinski definition) is 1. The van der Waals surface area contributed by atoms with Crippen molar-refractivity contribution in [2.45, 2.75) is 38.8 Å². The topological polar surface area (TPSA) is 75.7 Å². The number of amides is 1. The summed E-state index contributed by atoms with van der Waals surface area (Å²) in [6.45, 7) is 5.97. The highest BCUT2D eigenvalue weighted by atomic mass is 35.5. The van der Waals surface area contributed by atoms with Crippen molar-refractivity contribution in [1.82, 2.24) is 5.32 Å². The second-order valence-corrected chi connectivity index (χ2v) is 10.4. The summed E-state index contributed by atoms with van der Waals surface area (Å²) in [4.78, 5) is 12.9. The van der Waals surface area contributed by atoms with E-state index < -0.39 is 15.6 Å².